The first-order valence-electron chi connectivity index (χ1n) is 10.4. The molecule has 6 heteroatoms. The molecule has 3 unspecified atom stereocenters. The first-order valence-corrected chi connectivity index (χ1v) is 10.4. The monoisotopic (exact) mass is 390 g/mol. The summed E-state index contributed by atoms with van der Waals surface area (Å²) in [5.41, 5.74) is -1.00. The molecular weight excluding hydrogens is 358 g/mol. The van der Waals surface area contributed by atoms with Crippen LogP contribution in [0.4, 0.5) is 0 Å². The summed E-state index contributed by atoms with van der Waals surface area (Å²) >= 11 is 0. The lowest BCUT2D eigenvalue weighted by atomic mass is 9.80. The van der Waals surface area contributed by atoms with Crippen molar-refractivity contribution < 1.29 is 28.7 Å². The maximum absolute atomic E-state index is 13.2. The zero-order chi connectivity index (χ0) is 20.2. The lowest BCUT2D eigenvalue weighted by Gasteiger charge is -2.33. The average molecular weight is 391 g/mol. The van der Waals surface area contributed by atoms with Crippen molar-refractivity contribution in [2.24, 2.45) is 5.92 Å². The molecule has 154 valence electrons. The molecule has 28 heavy (non-hydrogen) atoms. The molecule has 1 heterocycles. The van der Waals surface area contributed by atoms with Crippen LogP contribution in [0.2, 0.25) is 0 Å². The minimum absolute atomic E-state index is 0.121. The van der Waals surface area contributed by atoms with E-state index in [1.807, 2.05) is 25.2 Å². The van der Waals surface area contributed by atoms with Crippen LogP contribution in [0.15, 0.2) is 30.3 Å². The van der Waals surface area contributed by atoms with Gasteiger partial charge in [0.25, 0.3) is 0 Å². The molecule has 3 rings (SSSR count). The van der Waals surface area contributed by atoms with Crippen LogP contribution in [0, 0.1) is 5.92 Å². The predicted octanol–water partition coefficient (Wildman–Crippen LogP) is 2.39. The number of rotatable bonds is 7. The maximum Gasteiger partial charge on any atom is 0.361 e. The lowest BCUT2D eigenvalue weighted by molar-refractivity contribution is -0.891. The number of nitrogens with zero attached hydrogens (tertiary/aromatic N) is 1. The molecule has 0 spiro atoms. The summed E-state index contributed by atoms with van der Waals surface area (Å²) in [6, 6.07) is 9.15. The van der Waals surface area contributed by atoms with Gasteiger partial charge in [-0.15, -0.1) is 0 Å². The van der Waals surface area contributed by atoms with E-state index in [1.54, 1.807) is 19.1 Å². The van der Waals surface area contributed by atoms with E-state index in [9.17, 15) is 14.7 Å². The van der Waals surface area contributed by atoms with E-state index in [0.717, 1.165) is 32.2 Å². The predicted molar refractivity (Wildman–Crippen MR) is 104 cm³/mol. The molecule has 0 amide bonds. The third-order valence-electron chi connectivity index (χ3n) is 6.20. The highest BCUT2D eigenvalue weighted by Crippen LogP contribution is 2.42. The van der Waals surface area contributed by atoms with Gasteiger partial charge in [0, 0.05) is 12.3 Å². The number of likely N-dealkylation sites (tertiary alicyclic amines) is 1. The van der Waals surface area contributed by atoms with Gasteiger partial charge in [0.2, 0.25) is 0 Å². The number of carbonyl (C=O) groups is 2. The molecule has 0 bridgehead atoms. The molecule has 0 aromatic heterocycles. The highest BCUT2D eigenvalue weighted by molar-refractivity contribution is 5.81. The van der Waals surface area contributed by atoms with E-state index >= 15 is 0 Å². The summed E-state index contributed by atoms with van der Waals surface area (Å²) in [7, 11) is 1.98. The zero-order valence-electron chi connectivity index (χ0n) is 16.9. The van der Waals surface area contributed by atoms with Gasteiger partial charge in [0.05, 0.1) is 20.2 Å². The molecule has 2 aliphatic rings. The zero-order valence-corrected chi connectivity index (χ0v) is 16.9. The summed E-state index contributed by atoms with van der Waals surface area (Å²) in [4.78, 5) is 25.0. The molecule has 6 nitrogen and oxygen atoms in total. The Hall–Kier alpha value is -1.92. The van der Waals surface area contributed by atoms with E-state index in [4.69, 9.17) is 9.47 Å². The average Bonchev–Trinajstić information content (AvgIpc) is 3.32. The van der Waals surface area contributed by atoms with Gasteiger partial charge in [-0.05, 0) is 25.3 Å². The molecule has 2 fully saturated rings. The fraction of sp³-hybridized carbons (Fsp3) is 0.636. The highest BCUT2D eigenvalue weighted by Gasteiger charge is 2.50. The number of aliphatic hydroxyl groups is 1. The number of esters is 2. The van der Waals surface area contributed by atoms with E-state index in [0.29, 0.717) is 29.6 Å². The Morgan fingerprint density at radius 2 is 1.86 bits per heavy atom. The number of ether oxygens (including phenoxy) is 2. The molecule has 1 aromatic carbocycles. The second-order valence-corrected chi connectivity index (χ2v) is 8.42. The first-order chi connectivity index (χ1) is 13.4. The SMILES string of the molecule is CCOC(=O)C[N+]1(C)CCC(OC(=O)C(O)(c2ccccc2)C2CCCC2)C1. The first kappa shape index (κ1) is 20.8. The molecule has 0 radical (unpaired) electrons. The van der Waals surface area contributed by atoms with Gasteiger partial charge >= 0.3 is 11.9 Å². The number of likely N-dealkylation sites (N-methyl/N-ethyl adjacent to an activating group) is 1. The van der Waals surface area contributed by atoms with Crippen molar-refractivity contribution in [3.05, 3.63) is 35.9 Å². The Labute approximate surface area is 167 Å². The fourth-order valence-electron chi connectivity index (χ4n) is 4.69. The van der Waals surface area contributed by atoms with Crippen molar-refractivity contribution >= 4 is 11.9 Å². The van der Waals surface area contributed by atoms with Gasteiger partial charge in [0.1, 0.15) is 6.54 Å². The molecule has 3 atom stereocenters. The van der Waals surface area contributed by atoms with Crippen molar-refractivity contribution in [2.45, 2.75) is 50.7 Å². The Balaban J connectivity index is 1.70. The van der Waals surface area contributed by atoms with Crippen LogP contribution in [-0.2, 0) is 24.7 Å². The third-order valence-corrected chi connectivity index (χ3v) is 6.20. The molecule has 1 aliphatic heterocycles. The smallest absolute Gasteiger partial charge is 0.361 e. The lowest BCUT2D eigenvalue weighted by Crippen LogP contribution is -2.48. The summed E-state index contributed by atoms with van der Waals surface area (Å²) < 4.78 is 11.4. The van der Waals surface area contributed by atoms with Gasteiger partial charge in [-0.2, -0.15) is 0 Å². The maximum atomic E-state index is 13.2. The van der Waals surface area contributed by atoms with Crippen molar-refractivity contribution in [1.82, 2.24) is 0 Å². The number of hydrogen-bond acceptors (Lipinski definition) is 5. The topological polar surface area (TPSA) is 72.8 Å². The van der Waals surface area contributed by atoms with Crippen molar-refractivity contribution in [1.29, 1.82) is 0 Å². The van der Waals surface area contributed by atoms with Gasteiger partial charge in [-0.1, -0.05) is 43.2 Å². The van der Waals surface area contributed by atoms with Gasteiger partial charge in [-0.25, -0.2) is 9.59 Å². The van der Waals surface area contributed by atoms with Crippen molar-refractivity contribution in [2.75, 3.05) is 33.3 Å². The van der Waals surface area contributed by atoms with Crippen LogP contribution in [0.3, 0.4) is 0 Å². The standard InChI is InChI=1S/C22H32NO5/c1-3-27-20(24)16-23(2)14-13-19(15-23)28-21(25)22(26,18-11-7-8-12-18)17-9-5-4-6-10-17/h4-6,9-10,18-19,26H,3,7-8,11-16H2,1-2H3/q+1. The number of hydrogen-bond donors (Lipinski definition) is 1. The molecular formula is C22H32NO5+. The Morgan fingerprint density at radius 3 is 2.50 bits per heavy atom. The second-order valence-electron chi connectivity index (χ2n) is 8.42. The molecule has 1 saturated carbocycles. The van der Waals surface area contributed by atoms with Crippen LogP contribution in [-0.4, -0.2) is 60.9 Å². The normalized spacial score (nSPS) is 27.3. The second kappa shape index (κ2) is 8.62. The van der Waals surface area contributed by atoms with Crippen LogP contribution in [0.25, 0.3) is 0 Å². The number of carbonyl (C=O) groups excluding carboxylic acids is 2. The van der Waals surface area contributed by atoms with Crippen LogP contribution in [0.1, 0.15) is 44.6 Å². The van der Waals surface area contributed by atoms with Crippen molar-refractivity contribution in [3.63, 3.8) is 0 Å². The summed E-state index contributed by atoms with van der Waals surface area (Å²) in [5.74, 6) is -0.909. The minimum Gasteiger partial charge on any atom is -0.462 e. The largest absolute Gasteiger partial charge is 0.462 e. The summed E-state index contributed by atoms with van der Waals surface area (Å²) in [5, 5.41) is 11.5. The summed E-state index contributed by atoms with van der Waals surface area (Å²) in [6.45, 7) is 3.72. The Kier molecular flexibility index (Phi) is 6.40. The highest BCUT2D eigenvalue weighted by atomic mass is 16.6. The quantitative estimate of drug-likeness (QED) is 0.572. The number of benzene rings is 1. The van der Waals surface area contributed by atoms with Gasteiger partial charge in [-0.3, -0.25) is 0 Å². The number of quaternary nitrogens is 1. The van der Waals surface area contributed by atoms with Crippen molar-refractivity contribution in [3.8, 4) is 0 Å². The fourth-order valence-corrected chi connectivity index (χ4v) is 4.69. The van der Waals surface area contributed by atoms with E-state index < -0.39 is 11.6 Å². The van der Waals surface area contributed by atoms with E-state index in [-0.39, 0.29) is 24.5 Å². The van der Waals surface area contributed by atoms with E-state index in [1.165, 1.54) is 0 Å². The van der Waals surface area contributed by atoms with Gasteiger partial charge in [0.15, 0.2) is 18.2 Å². The Bertz CT molecular complexity index is 687. The molecule has 1 aliphatic carbocycles. The van der Waals surface area contributed by atoms with Crippen LogP contribution in [0.5, 0.6) is 0 Å². The van der Waals surface area contributed by atoms with Crippen LogP contribution >= 0.6 is 0 Å². The summed E-state index contributed by atoms with van der Waals surface area (Å²) in [6.07, 6.45) is 4.06. The van der Waals surface area contributed by atoms with E-state index in [2.05, 4.69) is 0 Å². The van der Waals surface area contributed by atoms with Gasteiger partial charge < -0.3 is 19.1 Å². The minimum atomic E-state index is -1.61. The molecule has 1 aromatic rings. The molecule has 1 N–H and O–H groups in total. The Morgan fingerprint density at radius 1 is 1.18 bits per heavy atom. The molecule has 1 saturated heterocycles. The third kappa shape index (κ3) is 4.39. The van der Waals surface area contributed by atoms with Crippen LogP contribution < -0.4 is 0 Å².